The third-order valence-electron chi connectivity index (χ3n) is 2.99. The first-order chi connectivity index (χ1) is 10.4. The lowest BCUT2D eigenvalue weighted by atomic mass is 9.97. The van der Waals surface area contributed by atoms with Gasteiger partial charge in [0.25, 0.3) is 0 Å². The van der Waals surface area contributed by atoms with Crippen LogP contribution >= 0.6 is 0 Å². The molecule has 1 N–H and O–H groups in total. The van der Waals surface area contributed by atoms with Crippen molar-refractivity contribution in [1.29, 1.82) is 0 Å². The SMILES string of the molecule is CCOC(=O)C(C)(O)c1ccc(Oc2ccccc2)nc1F. The summed E-state index contributed by atoms with van der Waals surface area (Å²) in [6, 6.07) is 11.4. The number of aromatic nitrogens is 1. The van der Waals surface area contributed by atoms with Crippen molar-refractivity contribution >= 4 is 5.97 Å². The Hall–Kier alpha value is -2.47. The fourth-order valence-electron chi connectivity index (χ4n) is 1.83. The van der Waals surface area contributed by atoms with Crippen molar-refractivity contribution in [2.45, 2.75) is 19.4 Å². The van der Waals surface area contributed by atoms with Crippen molar-refractivity contribution < 1.29 is 23.8 Å². The average Bonchev–Trinajstić information content (AvgIpc) is 2.48. The van der Waals surface area contributed by atoms with Gasteiger partial charge >= 0.3 is 5.97 Å². The first-order valence-corrected chi connectivity index (χ1v) is 6.74. The maximum Gasteiger partial charge on any atom is 0.342 e. The number of pyridine rings is 1. The van der Waals surface area contributed by atoms with Crippen LogP contribution in [-0.4, -0.2) is 22.7 Å². The number of halogens is 1. The van der Waals surface area contributed by atoms with Gasteiger partial charge in [-0.3, -0.25) is 0 Å². The van der Waals surface area contributed by atoms with Gasteiger partial charge in [-0.25, -0.2) is 4.79 Å². The molecule has 0 saturated carbocycles. The molecule has 0 aliphatic carbocycles. The number of carbonyl (C=O) groups is 1. The number of para-hydroxylation sites is 1. The third-order valence-corrected chi connectivity index (χ3v) is 2.99. The van der Waals surface area contributed by atoms with Crippen molar-refractivity contribution in [3.8, 4) is 11.6 Å². The molecule has 116 valence electrons. The summed E-state index contributed by atoms with van der Waals surface area (Å²) in [5.74, 6) is -1.41. The second-order valence-corrected chi connectivity index (χ2v) is 4.70. The molecule has 0 fully saturated rings. The van der Waals surface area contributed by atoms with E-state index in [0.29, 0.717) is 5.75 Å². The van der Waals surface area contributed by atoms with Crippen LogP contribution in [0.15, 0.2) is 42.5 Å². The standard InChI is InChI=1S/C16H16FNO4/c1-3-21-15(19)16(2,20)12-9-10-13(18-14(12)17)22-11-7-5-4-6-8-11/h4-10,20H,3H2,1-2H3. The van der Waals surface area contributed by atoms with Crippen molar-refractivity contribution in [2.75, 3.05) is 6.61 Å². The van der Waals surface area contributed by atoms with Crippen LogP contribution in [0.25, 0.3) is 0 Å². The Kier molecular flexibility index (Phi) is 4.72. The van der Waals surface area contributed by atoms with Crippen molar-refractivity contribution in [3.63, 3.8) is 0 Å². The molecule has 0 bridgehead atoms. The minimum atomic E-state index is -2.11. The number of benzene rings is 1. The summed E-state index contributed by atoms with van der Waals surface area (Å²) in [5.41, 5.74) is -2.38. The molecule has 0 aliphatic heterocycles. The lowest BCUT2D eigenvalue weighted by Crippen LogP contribution is -2.35. The van der Waals surface area contributed by atoms with Crippen molar-refractivity contribution in [1.82, 2.24) is 4.98 Å². The number of hydrogen-bond donors (Lipinski definition) is 1. The molecular formula is C16H16FNO4. The first-order valence-electron chi connectivity index (χ1n) is 6.74. The van der Waals surface area contributed by atoms with E-state index in [0.717, 1.165) is 6.92 Å². The van der Waals surface area contributed by atoms with Crippen LogP contribution in [0.5, 0.6) is 11.6 Å². The highest BCUT2D eigenvalue weighted by molar-refractivity contribution is 5.80. The Morgan fingerprint density at radius 2 is 1.95 bits per heavy atom. The monoisotopic (exact) mass is 305 g/mol. The maximum absolute atomic E-state index is 14.1. The summed E-state index contributed by atoms with van der Waals surface area (Å²) in [4.78, 5) is 15.3. The van der Waals surface area contributed by atoms with Crippen LogP contribution in [0.3, 0.4) is 0 Å². The van der Waals surface area contributed by atoms with E-state index >= 15 is 0 Å². The smallest absolute Gasteiger partial charge is 0.342 e. The Morgan fingerprint density at radius 1 is 1.27 bits per heavy atom. The first kappa shape index (κ1) is 15.9. The van der Waals surface area contributed by atoms with Crippen LogP contribution < -0.4 is 4.74 Å². The van der Waals surface area contributed by atoms with E-state index in [2.05, 4.69) is 4.98 Å². The van der Waals surface area contributed by atoms with Crippen LogP contribution in [0.1, 0.15) is 19.4 Å². The van der Waals surface area contributed by atoms with Crippen LogP contribution in [-0.2, 0) is 15.1 Å². The normalized spacial score (nSPS) is 13.3. The van der Waals surface area contributed by atoms with E-state index in [1.165, 1.54) is 12.1 Å². The second-order valence-electron chi connectivity index (χ2n) is 4.70. The second kappa shape index (κ2) is 6.53. The van der Waals surface area contributed by atoms with E-state index in [1.54, 1.807) is 31.2 Å². The highest BCUT2D eigenvalue weighted by atomic mass is 19.1. The predicted molar refractivity (Wildman–Crippen MR) is 76.9 cm³/mol. The quantitative estimate of drug-likeness (QED) is 0.679. The predicted octanol–water partition coefficient (Wildman–Crippen LogP) is 2.78. The molecule has 0 amide bonds. The van der Waals surface area contributed by atoms with Crippen LogP contribution in [0.4, 0.5) is 4.39 Å². The molecule has 6 heteroatoms. The lowest BCUT2D eigenvalue weighted by molar-refractivity contribution is -0.164. The molecule has 1 unspecified atom stereocenters. The molecular weight excluding hydrogens is 289 g/mol. The zero-order chi connectivity index (χ0) is 16.2. The summed E-state index contributed by atoms with van der Waals surface area (Å²) in [6.07, 6.45) is 0. The van der Waals surface area contributed by atoms with Gasteiger partial charge < -0.3 is 14.6 Å². The number of ether oxygens (including phenoxy) is 2. The molecule has 0 spiro atoms. The fourth-order valence-corrected chi connectivity index (χ4v) is 1.83. The van der Waals surface area contributed by atoms with Crippen LogP contribution in [0.2, 0.25) is 0 Å². The van der Waals surface area contributed by atoms with E-state index in [1.807, 2.05) is 6.07 Å². The van der Waals surface area contributed by atoms with Gasteiger partial charge in [-0.1, -0.05) is 18.2 Å². The van der Waals surface area contributed by atoms with Gasteiger partial charge in [0.2, 0.25) is 11.8 Å². The highest BCUT2D eigenvalue weighted by Crippen LogP contribution is 2.27. The third kappa shape index (κ3) is 3.40. The summed E-state index contributed by atoms with van der Waals surface area (Å²) in [5, 5.41) is 10.2. The zero-order valence-corrected chi connectivity index (χ0v) is 12.2. The van der Waals surface area contributed by atoms with Gasteiger partial charge in [-0.15, -0.1) is 0 Å². The van der Waals surface area contributed by atoms with E-state index in [4.69, 9.17) is 9.47 Å². The minimum absolute atomic E-state index is 0.0205. The molecule has 2 rings (SSSR count). The summed E-state index contributed by atoms with van der Waals surface area (Å²) in [6.45, 7) is 2.83. The van der Waals surface area contributed by atoms with Gasteiger partial charge in [-0.2, -0.15) is 9.37 Å². The molecule has 0 saturated heterocycles. The Balaban J connectivity index is 2.24. The summed E-state index contributed by atoms with van der Waals surface area (Å²) >= 11 is 0. The number of carbonyl (C=O) groups excluding carboxylic acids is 1. The van der Waals surface area contributed by atoms with Crippen molar-refractivity contribution in [2.24, 2.45) is 0 Å². The molecule has 1 aromatic carbocycles. The fraction of sp³-hybridized carbons (Fsp3) is 0.250. The number of nitrogens with zero attached hydrogens (tertiary/aromatic N) is 1. The van der Waals surface area contributed by atoms with Gasteiger partial charge in [0.1, 0.15) is 5.75 Å². The number of aliphatic hydroxyl groups is 1. The van der Waals surface area contributed by atoms with Gasteiger partial charge in [0, 0.05) is 11.6 Å². The average molecular weight is 305 g/mol. The Morgan fingerprint density at radius 3 is 2.55 bits per heavy atom. The minimum Gasteiger partial charge on any atom is -0.464 e. The molecule has 1 atom stereocenters. The molecule has 0 radical (unpaired) electrons. The topological polar surface area (TPSA) is 68.7 Å². The molecule has 2 aromatic rings. The molecule has 1 aromatic heterocycles. The lowest BCUT2D eigenvalue weighted by Gasteiger charge is -2.21. The van der Waals surface area contributed by atoms with Crippen molar-refractivity contribution in [3.05, 3.63) is 54.0 Å². The number of hydrogen-bond acceptors (Lipinski definition) is 5. The van der Waals surface area contributed by atoms with E-state index in [9.17, 15) is 14.3 Å². The Bertz CT molecular complexity index is 658. The molecule has 5 nitrogen and oxygen atoms in total. The van der Waals surface area contributed by atoms with Gasteiger partial charge in [0.15, 0.2) is 5.60 Å². The molecule has 1 heterocycles. The van der Waals surface area contributed by atoms with Gasteiger partial charge in [0.05, 0.1) is 6.61 Å². The van der Waals surface area contributed by atoms with Crippen LogP contribution in [0, 0.1) is 5.95 Å². The highest BCUT2D eigenvalue weighted by Gasteiger charge is 2.37. The maximum atomic E-state index is 14.1. The van der Waals surface area contributed by atoms with E-state index < -0.39 is 17.5 Å². The largest absolute Gasteiger partial charge is 0.464 e. The summed E-state index contributed by atoms with van der Waals surface area (Å²) in [7, 11) is 0. The van der Waals surface area contributed by atoms with E-state index in [-0.39, 0.29) is 18.1 Å². The Labute approximate surface area is 127 Å². The number of esters is 1. The van der Waals surface area contributed by atoms with Gasteiger partial charge in [-0.05, 0) is 32.0 Å². The molecule has 0 aliphatic rings. The molecule has 22 heavy (non-hydrogen) atoms. The number of rotatable bonds is 5. The summed E-state index contributed by atoms with van der Waals surface area (Å²) < 4.78 is 24.2. The zero-order valence-electron chi connectivity index (χ0n) is 12.2.